The molecule has 0 radical (unpaired) electrons. The van der Waals surface area contributed by atoms with Gasteiger partial charge in [0.1, 0.15) is 6.54 Å². The second kappa shape index (κ2) is 8.24. The first kappa shape index (κ1) is 18.9. The maximum Gasteiger partial charge on any atom is 0.294 e. The summed E-state index contributed by atoms with van der Waals surface area (Å²) in [6, 6.07) is 14.3. The molecule has 0 aromatic heterocycles. The van der Waals surface area contributed by atoms with E-state index in [0.29, 0.717) is 15.6 Å². The molecule has 3 rings (SSSR count). The van der Waals surface area contributed by atoms with Crippen molar-refractivity contribution in [3.8, 4) is 0 Å². The number of para-hydroxylation sites is 1. The molecule has 8 heteroatoms. The van der Waals surface area contributed by atoms with Gasteiger partial charge in [0.15, 0.2) is 0 Å². The topological polar surface area (TPSA) is 66.5 Å². The molecule has 1 heterocycles. The van der Waals surface area contributed by atoms with E-state index in [2.05, 4.69) is 27.9 Å². The van der Waals surface area contributed by atoms with Gasteiger partial charge in [0.2, 0.25) is 5.91 Å². The van der Waals surface area contributed by atoms with Gasteiger partial charge >= 0.3 is 0 Å². The third-order valence-electron chi connectivity index (χ3n) is 3.49. The van der Waals surface area contributed by atoms with Crippen LogP contribution in [0, 0.1) is 3.57 Å². The summed E-state index contributed by atoms with van der Waals surface area (Å²) in [5, 5.41) is 2.51. The van der Waals surface area contributed by atoms with Crippen molar-refractivity contribution in [2.24, 2.45) is 0 Å². The summed E-state index contributed by atoms with van der Waals surface area (Å²) in [6.07, 6.45) is 1.65. The van der Waals surface area contributed by atoms with Gasteiger partial charge in [-0.3, -0.25) is 19.3 Å². The number of anilines is 1. The first-order chi connectivity index (χ1) is 12.4. The average molecular weight is 499 g/mol. The Labute approximate surface area is 172 Å². The van der Waals surface area contributed by atoms with Crippen molar-refractivity contribution in [2.45, 2.75) is 0 Å². The number of thioether (sulfide) groups is 1. The normalized spacial score (nSPS) is 15.6. The van der Waals surface area contributed by atoms with Crippen LogP contribution in [0.1, 0.15) is 5.56 Å². The second-order valence-electron chi connectivity index (χ2n) is 5.35. The number of benzene rings is 2. The minimum atomic E-state index is -0.490. The van der Waals surface area contributed by atoms with Crippen LogP contribution < -0.4 is 5.32 Å². The van der Waals surface area contributed by atoms with Crippen LogP contribution in [0.3, 0.4) is 0 Å². The number of amides is 3. The van der Waals surface area contributed by atoms with Gasteiger partial charge in [-0.15, -0.1) is 0 Å². The minimum absolute atomic E-state index is 0.293. The van der Waals surface area contributed by atoms with Crippen molar-refractivity contribution in [1.29, 1.82) is 0 Å². The Morgan fingerprint density at radius 3 is 2.54 bits per heavy atom. The van der Waals surface area contributed by atoms with Crippen molar-refractivity contribution in [3.05, 3.63) is 67.6 Å². The van der Waals surface area contributed by atoms with Crippen LogP contribution >= 0.6 is 46.0 Å². The fraction of sp³-hybridized carbons (Fsp3) is 0.0556. The summed E-state index contributed by atoms with van der Waals surface area (Å²) >= 11 is 9.00. The maximum atomic E-state index is 12.5. The fourth-order valence-corrected chi connectivity index (χ4v) is 3.62. The molecule has 0 aliphatic carbocycles. The predicted molar refractivity (Wildman–Crippen MR) is 112 cm³/mol. The molecule has 1 saturated heterocycles. The van der Waals surface area contributed by atoms with Crippen LogP contribution in [0.5, 0.6) is 0 Å². The molecule has 2 aromatic carbocycles. The highest BCUT2D eigenvalue weighted by atomic mass is 127. The highest BCUT2D eigenvalue weighted by molar-refractivity contribution is 14.1. The molecule has 1 aliphatic heterocycles. The number of nitrogens with zero attached hydrogens (tertiary/aromatic N) is 1. The standard InChI is InChI=1S/C18H12ClIN2O3S/c19-13-3-1-2-4-14(13)21-16(23)10-22-17(24)15(26-18(22)25)9-11-5-7-12(20)8-6-11/h1-9H,10H2,(H,21,23)/b15-9+. The number of imide groups is 1. The van der Waals surface area contributed by atoms with Gasteiger partial charge in [-0.25, -0.2) is 0 Å². The Bertz CT molecular complexity index is 915. The van der Waals surface area contributed by atoms with Crippen molar-refractivity contribution in [2.75, 3.05) is 11.9 Å². The zero-order valence-corrected chi connectivity index (χ0v) is 17.0. The Balaban J connectivity index is 1.70. The Morgan fingerprint density at radius 2 is 1.85 bits per heavy atom. The number of hydrogen-bond donors (Lipinski definition) is 1. The number of nitrogens with one attached hydrogen (secondary N) is 1. The molecule has 0 spiro atoms. The molecule has 0 atom stereocenters. The maximum absolute atomic E-state index is 12.5. The highest BCUT2D eigenvalue weighted by Gasteiger charge is 2.36. The van der Waals surface area contributed by atoms with E-state index in [0.717, 1.165) is 25.8 Å². The molecule has 1 N–H and O–H groups in total. The average Bonchev–Trinajstić information content (AvgIpc) is 2.86. The van der Waals surface area contributed by atoms with E-state index >= 15 is 0 Å². The molecule has 5 nitrogen and oxygen atoms in total. The number of rotatable bonds is 4. The summed E-state index contributed by atoms with van der Waals surface area (Å²) in [5.74, 6) is -0.969. The molecule has 3 amide bonds. The highest BCUT2D eigenvalue weighted by Crippen LogP contribution is 2.32. The molecule has 0 unspecified atom stereocenters. The molecule has 26 heavy (non-hydrogen) atoms. The Kier molecular flexibility index (Phi) is 6.00. The summed E-state index contributed by atoms with van der Waals surface area (Å²) in [7, 11) is 0. The van der Waals surface area contributed by atoms with Crippen LogP contribution in [0.4, 0.5) is 10.5 Å². The molecule has 0 bridgehead atoms. The van der Waals surface area contributed by atoms with E-state index < -0.39 is 17.1 Å². The van der Waals surface area contributed by atoms with Crippen molar-refractivity contribution < 1.29 is 14.4 Å². The van der Waals surface area contributed by atoms with Crippen molar-refractivity contribution >= 4 is 74.8 Å². The molecular weight excluding hydrogens is 487 g/mol. The van der Waals surface area contributed by atoms with Crippen LogP contribution in [-0.4, -0.2) is 28.5 Å². The number of carbonyl (C=O) groups excluding carboxylic acids is 3. The molecule has 132 valence electrons. The van der Waals surface area contributed by atoms with Crippen molar-refractivity contribution in [3.63, 3.8) is 0 Å². The lowest BCUT2D eigenvalue weighted by molar-refractivity contribution is -0.127. The van der Waals surface area contributed by atoms with E-state index in [1.807, 2.05) is 24.3 Å². The third kappa shape index (κ3) is 4.46. The van der Waals surface area contributed by atoms with E-state index in [4.69, 9.17) is 11.6 Å². The van der Waals surface area contributed by atoms with Gasteiger partial charge in [-0.1, -0.05) is 35.9 Å². The number of carbonyl (C=O) groups is 3. The monoisotopic (exact) mass is 498 g/mol. The Hall–Kier alpha value is -1.84. The van der Waals surface area contributed by atoms with E-state index in [1.54, 1.807) is 30.3 Å². The largest absolute Gasteiger partial charge is 0.323 e. The molecule has 2 aromatic rings. The van der Waals surface area contributed by atoms with Crippen LogP contribution in [-0.2, 0) is 9.59 Å². The second-order valence-corrected chi connectivity index (χ2v) is 7.99. The quantitative estimate of drug-likeness (QED) is 0.493. The third-order valence-corrected chi connectivity index (χ3v) is 5.45. The van der Waals surface area contributed by atoms with Crippen LogP contribution in [0.15, 0.2) is 53.4 Å². The van der Waals surface area contributed by atoms with Crippen molar-refractivity contribution in [1.82, 2.24) is 4.90 Å². The van der Waals surface area contributed by atoms with Gasteiger partial charge in [0.25, 0.3) is 11.1 Å². The summed E-state index contributed by atoms with van der Waals surface area (Å²) in [5.41, 5.74) is 1.25. The summed E-state index contributed by atoms with van der Waals surface area (Å²) in [6.45, 7) is -0.361. The molecule has 1 aliphatic rings. The lowest BCUT2D eigenvalue weighted by Gasteiger charge is -2.13. The smallest absolute Gasteiger partial charge is 0.294 e. The molecule has 1 fully saturated rings. The van der Waals surface area contributed by atoms with Gasteiger partial charge in [0.05, 0.1) is 15.6 Å². The van der Waals surface area contributed by atoms with E-state index in [9.17, 15) is 14.4 Å². The van der Waals surface area contributed by atoms with Gasteiger partial charge in [-0.05, 0) is 70.3 Å². The molecule has 0 saturated carbocycles. The number of halogens is 2. The van der Waals surface area contributed by atoms with E-state index in [1.165, 1.54) is 0 Å². The van der Waals surface area contributed by atoms with Gasteiger partial charge in [0, 0.05) is 3.57 Å². The number of hydrogen-bond acceptors (Lipinski definition) is 4. The summed E-state index contributed by atoms with van der Waals surface area (Å²) < 4.78 is 1.07. The first-order valence-electron chi connectivity index (χ1n) is 7.49. The zero-order valence-electron chi connectivity index (χ0n) is 13.2. The zero-order chi connectivity index (χ0) is 18.7. The SMILES string of the molecule is O=C(CN1C(=O)S/C(=C/c2ccc(I)cc2)C1=O)Nc1ccccc1Cl. The fourth-order valence-electron chi connectivity index (χ4n) is 2.24. The molecular formula is C18H12ClIN2O3S. The lowest BCUT2D eigenvalue weighted by atomic mass is 10.2. The van der Waals surface area contributed by atoms with Gasteiger partial charge in [-0.2, -0.15) is 0 Å². The minimum Gasteiger partial charge on any atom is -0.323 e. The van der Waals surface area contributed by atoms with Crippen LogP contribution in [0.25, 0.3) is 6.08 Å². The lowest BCUT2D eigenvalue weighted by Crippen LogP contribution is -2.36. The van der Waals surface area contributed by atoms with Gasteiger partial charge < -0.3 is 5.32 Å². The summed E-state index contributed by atoms with van der Waals surface area (Å²) in [4.78, 5) is 38.0. The first-order valence-corrected chi connectivity index (χ1v) is 9.76. The Morgan fingerprint density at radius 1 is 1.15 bits per heavy atom. The predicted octanol–water partition coefficient (Wildman–Crippen LogP) is 4.62. The van der Waals surface area contributed by atoms with Crippen LogP contribution in [0.2, 0.25) is 5.02 Å². The van der Waals surface area contributed by atoms with E-state index in [-0.39, 0.29) is 6.54 Å².